The summed E-state index contributed by atoms with van der Waals surface area (Å²) in [6.45, 7) is 4.48. The monoisotopic (exact) mass is 313 g/mol. The van der Waals surface area contributed by atoms with E-state index in [1.54, 1.807) is 0 Å². The zero-order chi connectivity index (χ0) is 16.4. The average molecular weight is 313 g/mol. The Morgan fingerprint density at radius 2 is 1.62 bits per heavy atom. The lowest BCUT2D eigenvalue weighted by molar-refractivity contribution is 0.673. The summed E-state index contributed by atoms with van der Waals surface area (Å²) in [6.07, 6.45) is 0. The molecule has 0 N–H and O–H groups in total. The number of hydrogen-bond donors (Lipinski definition) is 0. The minimum Gasteiger partial charge on any atom is -0.455 e. The molecule has 0 bridgehead atoms. The van der Waals surface area contributed by atoms with E-state index in [9.17, 15) is 0 Å². The smallest absolute Gasteiger partial charge is 0.145 e. The number of aryl methyl sites for hydroxylation is 1. The van der Waals surface area contributed by atoms with E-state index in [1.165, 1.54) is 38.1 Å². The second-order valence-corrected chi connectivity index (χ2v) is 6.92. The number of nitrogens with zero attached hydrogens (tertiary/aromatic N) is 1. The fourth-order valence-electron chi connectivity index (χ4n) is 3.85. The Kier molecular flexibility index (Phi) is 2.64. The van der Waals surface area contributed by atoms with Gasteiger partial charge in [-0.15, -0.1) is 0 Å². The molecule has 2 nitrogen and oxygen atoms in total. The van der Waals surface area contributed by atoms with Crippen LogP contribution in [0.2, 0.25) is 0 Å². The van der Waals surface area contributed by atoms with E-state index in [4.69, 9.17) is 4.42 Å². The van der Waals surface area contributed by atoms with Crippen LogP contribution in [-0.4, -0.2) is 4.57 Å². The van der Waals surface area contributed by atoms with Gasteiger partial charge in [-0.25, -0.2) is 0 Å². The molecule has 0 aliphatic rings. The molecule has 0 unspecified atom stereocenters. The largest absolute Gasteiger partial charge is 0.455 e. The third kappa shape index (κ3) is 1.66. The average Bonchev–Trinajstić information content (AvgIpc) is 3.10. The van der Waals surface area contributed by atoms with Crippen LogP contribution in [0.25, 0.3) is 43.7 Å². The maximum absolute atomic E-state index is 6.27. The first-order valence-electron chi connectivity index (χ1n) is 8.47. The van der Waals surface area contributed by atoms with Crippen LogP contribution >= 0.6 is 0 Å². The Morgan fingerprint density at radius 1 is 0.833 bits per heavy atom. The highest BCUT2D eigenvalue weighted by molar-refractivity contribution is 6.23. The summed E-state index contributed by atoms with van der Waals surface area (Å²) >= 11 is 0. The SMILES string of the molecule is CC(C)c1ccc2c(c1)c1c3oc4ccccc4c3ccc1n2C. The van der Waals surface area contributed by atoms with Crippen LogP contribution in [0.5, 0.6) is 0 Å². The molecule has 118 valence electrons. The van der Waals surface area contributed by atoms with E-state index >= 15 is 0 Å². The van der Waals surface area contributed by atoms with E-state index in [1.807, 2.05) is 12.1 Å². The van der Waals surface area contributed by atoms with Crippen LogP contribution in [0, 0.1) is 0 Å². The van der Waals surface area contributed by atoms with Crippen molar-refractivity contribution in [3.63, 3.8) is 0 Å². The highest BCUT2D eigenvalue weighted by atomic mass is 16.3. The van der Waals surface area contributed by atoms with E-state index in [0.29, 0.717) is 5.92 Å². The fourth-order valence-corrected chi connectivity index (χ4v) is 3.85. The predicted octanol–water partition coefficient (Wildman–Crippen LogP) is 6.35. The first-order chi connectivity index (χ1) is 11.6. The molecule has 3 aromatic carbocycles. The van der Waals surface area contributed by atoms with Crippen molar-refractivity contribution < 1.29 is 4.42 Å². The van der Waals surface area contributed by atoms with Gasteiger partial charge < -0.3 is 8.98 Å². The number of rotatable bonds is 1. The van der Waals surface area contributed by atoms with Crippen LogP contribution in [0.1, 0.15) is 25.3 Å². The third-order valence-corrected chi connectivity index (χ3v) is 5.20. The van der Waals surface area contributed by atoms with Crippen LogP contribution in [-0.2, 0) is 7.05 Å². The first-order valence-corrected chi connectivity index (χ1v) is 8.47. The maximum atomic E-state index is 6.27. The molecule has 24 heavy (non-hydrogen) atoms. The summed E-state index contributed by atoms with van der Waals surface area (Å²) in [5.74, 6) is 0.513. The molecule has 0 amide bonds. The highest BCUT2D eigenvalue weighted by Crippen LogP contribution is 2.39. The van der Waals surface area contributed by atoms with E-state index in [2.05, 4.69) is 67.9 Å². The molecule has 2 aromatic heterocycles. The second-order valence-electron chi connectivity index (χ2n) is 6.92. The maximum Gasteiger partial charge on any atom is 0.145 e. The van der Waals surface area contributed by atoms with Gasteiger partial charge in [0.05, 0.1) is 10.9 Å². The van der Waals surface area contributed by atoms with Crippen molar-refractivity contribution in [3.8, 4) is 0 Å². The summed E-state index contributed by atoms with van der Waals surface area (Å²) in [5, 5.41) is 4.89. The van der Waals surface area contributed by atoms with E-state index in [0.717, 1.165) is 11.2 Å². The number of furan rings is 1. The van der Waals surface area contributed by atoms with Crippen molar-refractivity contribution in [3.05, 3.63) is 60.2 Å². The number of fused-ring (bicyclic) bond motifs is 7. The van der Waals surface area contributed by atoms with Crippen molar-refractivity contribution in [2.45, 2.75) is 19.8 Å². The molecule has 0 fully saturated rings. The summed E-state index contributed by atoms with van der Waals surface area (Å²) in [6, 6.07) is 19.5. The first kappa shape index (κ1) is 13.7. The van der Waals surface area contributed by atoms with E-state index in [-0.39, 0.29) is 0 Å². The summed E-state index contributed by atoms with van der Waals surface area (Å²) in [4.78, 5) is 0. The zero-order valence-corrected chi connectivity index (χ0v) is 14.1. The second kappa shape index (κ2) is 4.64. The van der Waals surface area contributed by atoms with Crippen molar-refractivity contribution in [1.82, 2.24) is 4.57 Å². The lowest BCUT2D eigenvalue weighted by atomic mass is 10.00. The van der Waals surface area contributed by atoms with Gasteiger partial charge in [0.1, 0.15) is 11.2 Å². The molecule has 0 aliphatic heterocycles. The van der Waals surface area contributed by atoms with Gasteiger partial charge in [0.2, 0.25) is 0 Å². The molecule has 0 spiro atoms. The van der Waals surface area contributed by atoms with E-state index < -0.39 is 0 Å². The van der Waals surface area contributed by atoms with Crippen molar-refractivity contribution in [1.29, 1.82) is 0 Å². The zero-order valence-electron chi connectivity index (χ0n) is 14.1. The van der Waals surface area contributed by atoms with Gasteiger partial charge in [-0.1, -0.05) is 38.1 Å². The molecule has 0 aliphatic carbocycles. The highest BCUT2D eigenvalue weighted by Gasteiger charge is 2.16. The van der Waals surface area contributed by atoms with Crippen LogP contribution < -0.4 is 0 Å². The molecule has 5 aromatic rings. The summed E-state index contributed by atoms with van der Waals surface area (Å²) in [7, 11) is 2.13. The van der Waals surface area contributed by atoms with Gasteiger partial charge in [0.25, 0.3) is 0 Å². The summed E-state index contributed by atoms with van der Waals surface area (Å²) < 4.78 is 8.54. The minimum atomic E-state index is 0.513. The number of para-hydroxylation sites is 1. The number of aromatic nitrogens is 1. The van der Waals surface area contributed by atoms with Crippen molar-refractivity contribution in [2.75, 3.05) is 0 Å². The van der Waals surface area contributed by atoms with Gasteiger partial charge in [-0.3, -0.25) is 0 Å². The summed E-state index contributed by atoms with van der Waals surface area (Å²) in [5.41, 5.74) is 5.79. The van der Waals surface area contributed by atoms with Crippen molar-refractivity contribution >= 4 is 43.7 Å². The van der Waals surface area contributed by atoms with Crippen LogP contribution in [0.15, 0.2) is 59.0 Å². The normalized spacial score (nSPS) is 12.3. The van der Waals surface area contributed by atoms with Crippen molar-refractivity contribution in [2.24, 2.45) is 7.05 Å². The minimum absolute atomic E-state index is 0.513. The molecular weight excluding hydrogens is 294 g/mol. The van der Waals surface area contributed by atoms with Crippen LogP contribution in [0.4, 0.5) is 0 Å². The molecule has 0 saturated carbocycles. The molecule has 2 heteroatoms. The van der Waals surface area contributed by atoms with Gasteiger partial charge in [0.15, 0.2) is 0 Å². The Balaban J connectivity index is 2.05. The Labute approximate surface area is 140 Å². The Morgan fingerprint density at radius 3 is 2.46 bits per heavy atom. The Bertz CT molecular complexity index is 1240. The van der Waals surface area contributed by atoms with Crippen LogP contribution in [0.3, 0.4) is 0 Å². The van der Waals surface area contributed by atoms with Gasteiger partial charge in [-0.05, 0) is 41.8 Å². The molecule has 5 rings (SSSR count). The standard InChI is InChI=1S/C22H19NO/c1-13(2)14-8-10-18-17(12-14)21-19(23(18)3)11-9-16-15-6-4-5-7-20(15)24-22(16)21/h4-13H,1-3H3. The topological polar surface area (TPSA) is 18.1 Å². The molecule has 0 radical (unpaired) electrons. The Hall–Kier alpha value is -2.74. The van der Waals surface area contributed by atoms with Gasteiger partial charge in [0, 0.05) is 28.7 Å². The quantitative estimate of drug-likeness (QED) is 0.352. The lowest BCUT2D eigenvalue weighted by Crippen LogP contribution is -1.88. The van der Waals surface area contributed by atoms with Gasteiger partial charge in [-0.2, -0.15) is 0 Å². The lowest BCUT2D eigenvalue weighted by Gasteiger charge is -2.05. The molecule has 0 atom stereocenters. The number of hydrogen-bond acceptors (Lipinski definition) is 1. The predicted molar refractivity (Wildman–Crippen MR) is 102 cm³/mol. The third-order valence-electron chi connectivity index (χ3n) is 5.20. The molecule has 2 heterocycles. The molecular formula is C22H19NO. The fraction of sp³-hybridized carbons (Fsp3) is 0.182. The molecule has 0 saturated heterocycles. The van der Waals surface area contributed by atoms with Gasteiger partial charge >= 0.3 is 0 Å². The number of benzene rings is 3.